The summed E-state index contributed by atoms with van der Waals surface area (Å²) in [7, 11) is 3.63. The van der Waals surface area contributed by atoms with Gasteiger partial charge in [-0.15, -0.1) is 0 Å². The van der Waals surface area contributed by atoms with E-state index in [1.165, 1.54) is 14.8 Å². The van der Waals surface area contributed by atoms with Gasteiger partial charge in [0.15, 0.2) is 0 Å². The first-order valence-electron chi connectivity index (χ1n) is 7.41. The van der Waals surface area contributed by atoms with Crippen LogP contribution < -0.4 is 5.32 Å². The predicted molar refractivity (Wildman–Crippen MR) is 95.7 cm³/mol. The maximum Gasteiger partial charge on any atom is 0.236 e. The first-order chi connectivity index (χ1) is 9.95. The molecule has 1 aliphatic rings. The fourth-order valence-electron chi connectivity index (χ4n) is 2.58. The Labute approximate surface area is 141 Å². The number of nitrogens with zero attached hydrogens (tertiary/aromatic N) is 2. The zero-order chi connectivity index (χ0) is 15.4. The standard InChI is InChI=1S/C16H24IN3O/c1-12-10-13(17)4-5-15(12)18-14-6-8-20(9-7-14)11-16(21)19(2)3/h4-5,10,14,18H,6-9,11H2,1-3H3. The van der Waals surface area contributed by atoms with Crippen LogP contribution in [0.2, 0.25) is 0 Å². The van der Waals surface area contributed by atoms with Crippen LogP contribution in [-0.4, -0.2) is 55.5 Å². The van der Waals surface area contributed by atoms with Crippen LogP contribution in [0.3, 0.4) is 0 Å². The molecule has 1 aliphatic heterocycles. The Hall–Kier alpha value is -0.820. The van der Waals surface area contributed by atoms with E-state index in [2.05, 4.69) is 57.9 Å². The Morgan fingerprint density at radius 1 is 1.38 bits per heavy atom. The van der Waals surface area contributed by atoms with Gasteiger partial charge in [-0.25, -0.2) is 0 Å². The van der Waals surface area contributed by atoms with E-state index < -0.39 is 0 Å². The molecule has 2 rings (SSSR count). The molecule has 0 aliphatic carbocycles. The van der Waals surface area contributed by atoms with Gasteiger partial charge in [0.05, 0.1) is 6.54 Å². The third kappa shape index (κ3) is 4.85. The number of aryl methyl sites for hydroxylation is 1. The van der Waals surface area contributed by atoms with Gasteiger partial charge in [0.2, 0.25) is 5.91 Å². The molecular weight excluding hydrogens is 377 g/mol. The first-order valence-corrected chi connectivity index (χ1v) is 8.49. The summed E-state index contributed by atoms with van der Waals surface area (Å²) in [5, 5.41) is 3.65. The second-order valence-corrected chi connectivity index (χ2v) is 7.19. The molecule has 1 amide bonds. The van der Waals surface area contributed by atoms with Crippen LogP contribution in [0, 0.1) is 10.5 Å². The van der Waals surface area contributed by atoms with E-state index in [0.717, 1.165) is 25.9 Å². The normalized spacial score (nSPS) is 16.8. The number of anilines is 1. The lowest BCUT2D eigenvalue weighted by Gasteiger charge is -2.33. The van der Waals surface area contributed by atoms with Crippen molar-refractivity contribution in [1.29, 1.82) is 0 Å². The highest BCUT2D eigenvalue weighted by Crippen LogP contribution is 2.21. The van der Waals surface area contributed by atoms with Gasteiger partial charge in [-0.05, 0) is 66.1 Å². The number of benzene rings is 1. The van der Waals surface area contributed by atoms with Crippen LogP contribution in [0.5, 0.6) is 0 Å². The maximum absolute atomic E-state index is 11.7. The molecule has 0 atom stereocenters. The van der Waals surface area contributed by atoms with Crippen molar-refractivity contribution in [2.45, 2.75) is 25.8 Å². The summed E-state index contributed by atoms with van der Waals surface area (Å²) < 4.78 is 1.27. The molecule has 0 saturated carbocycles. The van der Waals surface area contributed by atoms with Crippen molar-refractivity contribution in [1.82, 2.24) is 9.80 Å². The summed E-state index contributed by atoms with van der Waals surface area (Å²) in [6, 6.07) is 7.02. The van der Waals surface area contributed by atoms with Crippen molar-refractivity contribution < 1.29 is 4.79 Å². The third-order valence-corrected chi connectivity index (χ3v) is 4.66. The average Bonchev–Trinajstić information content (AvgIpc) is 2.43. The Bertz CT molecular complexity index is 496. The Balaban J connectivity index is 1.83. The summed E-state index contributed by atoms with van der Waals surface area (Å²) >= 11 is 2.34. The Morgan fingerprint density at radius 2 is 2.05 bits per heavy atom. The summed E-state index contributed by atoms with van der Waals surface area (Å²) in [4.78, 5) is 15.6. The molecule has 1 aromatic carbocycles. The minimum Gasteiger partial charge on any atom is -0.382 e. The molecule has 0 unspecified atom stereocenters. The summed E-state index contributed by atoms with van der Waals surface area (Å²) in [6.07, 6.45) is 2.18. The number of hydrogen-bond acceptors (Lipinski definition) is 3. The fourth-order valence-corrected chi connectivity index (χ4v) is 3.22. The van der Waals surface area contributed by atoms with E-state index in [-0.39, 0.29) is 5.91 Å². The number of hydrogen-bond donors (Lipinski definition) is 1. The molecule has 116 valence electrons. The van der Waals surface area contributed by atoms with E-state index in [0.29, 0.717) is 12.6 Å². The zero-order valence-corrected chi connectivity index (χ0v) is 15.2. The number of amides is 1. The molecule has 1 N–H and O–H groups in total. The Morgan fingerprint density at radius 3 is 2.62 bits per heavy atom. The predicted octanol–water partition coefficient (Wildman–Crippen LogP) is 2.56. The Kier molecular flexibility index (Phi) is 5.87. The van der Waals surface area contributed by atoms with Crippen LogP contribution in [0.4, 0.5) is 5.69 Å². The number of carbonyl (C=O) groups is 1. The summed E-state index contributed by atoms with van der Waals surface area (Å²) in [5.41, 5.74) is 2.53. The molecule has 4 nitrogen and oxygen atoms in total. The van der Waals surface area contributed by atoms with Crippen molar-refractivity contribution in [3.05, 3.63) is 27.3 Å². The van der Waals surface area contributed by atoms with Gasteiger partial charge in [-0.3, -0.25) is 9.69 Å². The molecule has 1 fully saturated rings. The molecule has 0 radical (unpaired) electrons. The van der Waals surface area contributed by atoms with E-state index in [4.69, 9.17) is 0 Å². The third-order valence-electron chi connectivity index (χ3n) is 3.99. The van der Waals surface area contributed by atoms with Gasteiger partial charge in [0.1, 0.15) is 0 Å². The van der Waals surface area contributed by atoms with E-state index >= 15 is 0 Å². The number of carbonyl (C=O) groups excluding carboxylic acids is 1. The van der Waals surface area contributed by atoms with E-state index in [1.54, 1.807) is 4.90 Å². The molecule has 0 spiro atoms. The quantitative estimate of drug-likeness (QED) is 0.788. The van der Waals surface area contributed by atoms with Gasteiger partial charge in [0.25, 0.3) is 0 Å². The number of likely N-dealkylation sites (N-methyl/N-ethyl adjacent to an activating group) is 1. The lowest BCUT2D eigenvalue weighted by molar-refractivity contribution is -0.130. The maximum atomic E-state index is 11.7. The topological polar surface area (TPSA) is 35.6 Å². The minimum absolute atomic E-state index is 0.190. The number of halogens is 1. The molecule has 1 heterocycles. The first kappa shape index (κ1) is 16.5. The molecule has 5 heteroatoms. The number of nitrogens with one attached hydrogen (secondary N) is 1. The number of rotatable bonds is 4. The minimum atomic E-state index is 0.190. The summed E-state index contributed by atoms with van der Waals surface area (Å²) in [6.45, 7) is 4.67. The van der Waals surface area contributed by atoms with Crippen LogP contribution in [0.1, 0.15) is 18.4 Å². The van der Waals surface area contributed by atoms with Gasteiger partial charge >= 0.3 is 0 Å². The van der Waals surface area contributed by atoms with Crippen molar-refractivity contribution in [3.8, 4) is 0 Å². The molecule has 1 saturated heterocycles. The number of piperidine rings is 1. The fraction of sp³-hybridized carbons (Fsp3) is 0.562. The monoisotopic (exact) mass is 401 g/mol. The van der Waals surface area contributed by atoms with E-state index in [9.17, 15) is 4.79 Å². The highest BCUT2D eigenvalue weighted by Gasteiger charge is 2.21. The smallest absolute Gasteiger partial charge is 0.236 e. The van der Waals surface area contributed by atoms with Crippen molar-refractivity contribution >= 4 is 34.2 Å². The average molecular weight is 401 g/mol. The van der Waals surface area contributed by atoms with Crippen molar-refractivity contribution in [2.24, 2.45) is 0 Å². The van der Waals surface area contributed by atoms with Gasteiger partial charge in [-0.1, -0.05) is 0 Å². The van der Waals surface area contributed by atoms with Crippen LogP contribution >= 0.6 is 22.6 Å². The van der Waals surface area contributed by atoms with Gasteiger partial charge in [-0.2, -0.15) is 0 Å². The van der Waals surface area contributed by atoms with Crippen LogP contribution in [0.15, 0.2) is 18.2 Å². The molecule has 0 aromatic heterocycles. The largest absolute Gasteiger partial charge is 0.382 e. The molecule has 0 bridgehead atoms. The SMILES string of the molecule is Cc1cc(I)ccc1NC1CCN(CC(=O)N(C)C)CC1. The lowest BCUT2D eigenvalue weighted by atomic mass is 10.0. The lowest BCUT2D eigenvalue weighted by Crippen LogP contribution is -2.44. The number of likely N-dealkylation sites (tertiary alicyclic amines) is 1. The van der Waals surface area contributed by atoms with E-state index in [1.807, 2.05) is 14.1 Å². The zero-order valence-electron chi connectivity index (χ0n) is 13.0. The molecule has 21 heavy (non-hydrogen) atoms. The van der Waals surface area contributed by atoms with Gasteiger partial charge in [0, 0.05) is 42.5 Å². The molecule has 1 aromatic rings. The summed E-state index contributed by atoms with van der Waals surface area (Å²) in [5.74, 6) is 0.190. The van der Waals surface area contributed by atoms with Crippen LogP contribution in [0.25, 0.3) is 0 Å². The van der Waals surface area contributed by atoms with Crippen LogP contribution in [-0.2, 0) is 4.79 Å². The highest BCUT2D eigenvalue weighted by molar-refractivity contribution is 14.1. The van der Waals surface area contributed by atoms with Crippen molar-refractivity contribution in [3.63, 3.8) is 0 Å². The molecular formula is C16H24IN3O. The highest BCUT2D eigenvalue weighted by atomic mass is 127. The second-order valence-electron chi connectivity index (χ2n) is 5.94. The van der Waals surface area contributed by atoms with Crippen molar-refractivity contribution in [2.75, 3.05) is 39.0 Å². The van der Waals surface area contributed by atoms with Gasteiger partial charge < -0.3 is 10.2 Å². The second kappa shape index (κ2) is 7.45.